The molecule has 0 unspecified atom stereocenters. The van der Waals surface area contributed by atoms with Crippen LogP contribution in [0.15, 0.2) is 0 Å². The van der Waals surface area contributed by atoms with Crippen molar-refractivity contribution in [1.29, 1.82) is 0 Å². The fraction of sp³-hybridized carbons (Fsp3) is 0.923. The summed E-state index contributed by atoms with van der Waals surface area (Å²) in [4.78, 5) is 9.65. The van der Waals surface area contributed by atoms with Crippen LogP contribution in [0.5, 0.6) is 0 Å². The molecule has 0 spiro atoms. The first kappa shape index (κ1) is 18.7. The van der Waals surface area contributed by atoms with Gasteiger partial charge in [-0.15, -0.1) is 0 Å². The number of quaternary nitrogens is 1. The molecule has 0 amide bonds. The Morgan fingerprint density at radius 2 is 1.59 bits per heavy atom. The summed E-state index contributed by atoms with van der Waals surface area (Å²) in [5, 5.41) is 9.65. The van der Waals surface area contributed by atoms with E-state index in [9.17, 15) is 9.90 Å². The highest BCUT2D eigenvalue weighted by Gasteiger charge is 2.19. The van der Waals surface area contributed by atoms with E-state index in [4.69, 9.17) is 4.74 Å². The first-order chi connectivity index (χ1) is 8.01. The molecule has 0 aliphatic carbocycles. The Morgan fingerprint density at radius 3 is 1.71 bits per heavy atom. The van der Waals surface area contributed by atoms with E-state index >= 15 is 0 Å². The number of hydrogen-bond donors (Lipinski definition) is 0. The Labute approximate surface area is 106 Å². The lowest BCUT2D eigenvalue weighted by Gasteiger charge is -2.34. The Hall–Kier alpha value is -0.610. The molecule has 0 aliphatic heterocycles. The molecule has 0 aromatic carbocycles. The number of methoxy groups -OCH3 is 1. The van der Waals surface area contributed by atoms with Gasteiger partial charge in [0, 0.05) is 13.1 Å². The highest BCUT2D eigenvalue weighted by atomic mass is 16.5. The predicted octanol–water partition coefficient (Wildman–Crippen LogP) is 1.39. The molecule has 0 aromatic rings. The van der Waals surface area contributed by atoms with E-state index in [0.29, 0.717) is 0 Å². The van der Waals surface area contributed by atoms with Crippen molar-refractivity contribution in [3.05, 3.63) is 0 Å². The molecule has 0 heterocycles. The van der Waals surface area contributed by atoms with Crippen molar-refractivity contribution in [2.24, 2.45) is 0 Å². The second-order valence-corrected chi connectivity index (χ2v) is 4.18. The molecule has 0 fully saturated rings. The summed E-state index contributed by atoms with van der Waals surface area (Å²) < 4.78 is 6.23. The number of carboxylic acid groups (broad SMARTS) is 1. The maximum Gasteiger partial charge on any atom is 0.182 e. The quantitative estimate of drug-likeness (QED) is 0.481. The van der Waals surface area contributed by atoms with Crippen LogP contribution in [-0.2, 0) is 9.53 Å². The Balaban J connectivity index is 0. The van der Waals surface area contributed by atoms with Crippen molar-refractivity contribution in [2.75, 3.05) is 33.5 Å². The molecule has 4 heteroatoms. The third kappa shape index (κ3) is 10.3. The van der Waals surface area contributed by atoms with E-state index in [-0.39, 0.29) is 6.42 Å². The SMILES string of the molecule is CCCCC(=O)[O-].CC[N+](CC)(CC)COC. The summed E-state index contributed by atoms with van der Waals surface area (Å²) in [6.45, 7) is 12.9. The Bertz CT molecular complexity index is 171. The second kappa shape index (κ2) is 11.9. The number of unbranched alkanes of at least 4 members (excludes halogenated alkanes) is 1. The van der Waals surface area contributed by atoms with Gasteiger partial charge >= 0.3 is 0 Å². The van der Waals surface area contributed by atoms with Gasteiger partial charge in [-0.1, -0.05) is 13.3 Å². The number of carbonyl (C=O) groups excluding carboxylic acids is 1. The summed E-state index contributed by atoms with van der Waals surface area (Å²) in [6, 6.07) is 0. The van der Waals surface area contributed by atoms with Crippen LogP contribution in [0.25, 0.3) is 0 Å². The van der Waals surface area contributed by atoms with Crippen molar-refractivity contribution in [3.63, 3.8) is 0 Å². The number of carbonyl (C=O) groups is 1. The molecule has 0 aromatic heterocycles. The van der Waals surface area contributed by atoms with Gasteiger partial charge in [-0.3, -0.25) is 0 Å². The zero-order valence-electron chi connectivity index (χ0n) is 12.1. The number of hydrogen-bond acceptors (Lipinski definition) is 3. The van der Waals surface area contributed by atoms with Crippen LogP contribution >= 0.6 is 0 Å². The molecule has 0 bridgehead atoms. The summed E-state index contributed by atoms with van der Waals surface area (Å²) in [5.41, 5.74) is 0. The summed E-state index contributed by atoms with van der Waals surface area (Å²) >= 11 is 0. The van der Waals surface area contributed by atoms with E-state index in [1.54, 1.807) is 7.11 Å². The van der Waals surface area contributed by atoms with Crippen molar-refractivity contribution in [1.82, 2.24) is 0 Å². The third-order valence-electron chi connectivity index (χ3n) is 3.15. The second-order valence-electron chi connectivity index (χ2n) is 4.18. The number of nitrogens with zero attached hydrogens (tertiary/aromatic N) is 1. The van der Waals surface area contributed by atoms with Crippen LogP contribution < -0.4 is 5.11 Å². The van der Waals surface area contributed by atoms with Crippen LogP contribution in [0.3, 0.4) is 0 Å². The van der Waals surface area contributed by atoms with Gasteiger partial charge in [-0.2, -0.15) is 0 Å². The van der Waals surface area contributed by atoms with Crippen LogP contribution in [0.2, 0.25) is 0 Å². The average Bonchev–Trinajstić information content (AvgIpc) is 2.34. The van der Waals surface area contributed by atoms with Gasteiger partial charge < -0.3 is 19.1 Å². The normalized spacial score (nSPS) is 10.6. The topological polar surface area (TPSA) is 49.4 Å². The number of aliphatic carboxylic acids is 1. The molecular formula is C13H29NO3. The minimum Gasteiger partial charge on any atom is -0.550 e. The number of ether oxygens (including phenoxy) is 1. The maximum absolute atomic E-state index is 9.65. The molecule has 0 atom stereocenters. The predicted molar refractivity (Wildman–Crippen MR) is 68.3 cm³/mol. The van der Waals surface area contributed by atoms with Gasteiger partial charge in [0.05, 0.1) is 19.6 Å². The highest BCUT2D eigenvalue weighted by Crippen LogP contribution is 2.04. The minimum absolute atomic E-state index is 0.205. The Morgan fingerprint density at radius 1 is 1.12 bits per heavy atom. The molecule has 17 heavy (non-hydrogen) atoms. The molecule has 104 valence electrons. The summed E-state index contributed by atoms with van der Waals surface area (Å²) in [5.74, 6) is -0.943. The lowest BCUT2D eigenvalue weighted by Crippen LogP contribution is -2.48. The minimum atomic E-state index is -0.943. The molecule has 0 saturated carbocycles. The number of carboxylic acids is 1. The van der Waals surface area contributed by atoms with Gasteiger partial charge in [0.1, 0.15) is 0 Å². The van der Waals surface area contributed by atoms with Crippen molar-refractivity contribution in [2.45, 2.75) is 47.0 Å². The van der Waals surface area contributed by atoms with Crippen LogP contribution in [0, 0.1) is 0 Å². The lowest BCUT2D eigenvalue weighted by molar-refractivity contribution is -0.940. The monoisotopic (exact) mass is 247 g/mol. The number of rotatable bonds is 8. The van der Waals surface area contributed by atoms with E-state index < -0.39 is 5.97 Å². The standard InChI is InChI=1S/C8H20NO.C5H10O2/c1-5-9(6-2,7-3)8-10-4;1-2-3-4-5(6)7/h5-8H2,1-4H3;2-4H2,1H3,(H,6,7)/q+1;/p-1. The molecule has 0 N–H and O–H groups in total. The largest absolute Gasteiger partial charge is 0.550 e. The lowest BCUT2D eigenvalue weighted by atomic mass is 10.3. The van der Waals surface area contributed by atoms with Crippen molar-refractivity contribution in [3.8, 4) is 0 Å². The molecule has 0 aliphatic rings. The van der Waals surface area contributed by atoms with Crippen LogP contribution in [0.1, 0.15) is 47.0 Å². The molecule has 0 saturated heterocycles. The van der Waals surface area contributed by atoms with Gasteiger partial charge in [0.15, 0.2) is 6.73 Å². The first-order valence-electron chi connectivity index (χ1n) is 6.55. The fourth-order valence-electron chi connectivity index (χ4n) is 1.54. The fourth-order valence-corrected chi connectivity index (χ4v) is 1.54. The van der Waals surface area contributed by atoms with E-state index in [1.165, 1.54) is 19.6 Å². The zero-order chi connectivity index (χ0) is 13.7. The van der Waals surface area contributed by atoms with Gasteiger partial charge in [-0.25, -0.2) is 0 Å². The van der Waals surface area contributed by atoms with E-state index in [2.05, 4.69) is 20.8 Å². The average molecular weight is 247 g/mol. The van der Waals surface area contributed by atoms with Gasteiger partial charge in [0.25, 0.3) is 0 Å². The summed E-state index contributed by atoms with van der Waals surface area (Å²) in [6.07, 6.45) is 1.87. The molecule has 4 nitrogen and oxygen atoms in total. The molecule has 0 rings (SSSR count). The Kier molecular flexibility index (Phi) is 13.1. The van der Waals surface area contributed by atoms with E-state index in [0.717, 1.165) is 24.1 Å². The zero-order valence-corrected chi connectivity index (χ0v) is 12.1. The summed E-state index contributed by atoms with van der Waals surface area (Å²) in [7, 11) is 1.77. The van der Waals surface area contributed by atoms with Crippen molar-refractivity contribution >= 4 is 5.97 Å². The maximum atomic E-state index is 9.65. The molecule has 0 radical (unpaired) electrons. The van der Waals surface area contributed by atoms with Crippen LogP contribution in [0.4, 0.5) is 0 Å². The highest BCUT2D eigenvalue weighted by molar-refractivity contribution is 5.63. The van der Waals surface area contributed by atoms with Crippen LogP contribution in [-0.4, -0.2) is 43.9 Å². The van der Waals surface area contributed by atoms with E-state index in [1.807, 2.05) is 6.92 Å². The van der Waals surface area contributed by atoms with Gasteiger partial charge in [0.2, 0.25) is 0 Å². The molecular weight excluding hydrogens is 218 g/mol. The van der Waals surface area contributed by atoms with Gasteiger partial charge in [-0.05, 0) is 33.6 Å². The van der Waals surface area contributed by atoms with Crippen molar-refractivity contribution < 1.29 is 19.1 Å². The third-order valence-corrected chi connectivity index (χ3v) is 3.15. The first-order valence-corrected chi connectivity index (χ1v) is 6.55. The smallest absolute Gasteiger partial charge is 0.182 e.